The standard InChI is InChI=1S/C22H26N2O4/c1-15(25)24-19-8-5-4-7-18(19)23-20(24)16-9-11-17(12-10-16)28-14-6-13-22(2,3)21(26)27/h4-5,7-12,15,25H,6,13-14H2,1-3H3,(H,26,27). The van der Waals surface area contributed by atoms with E-state index in [0.717, 1.165) is 22.3 Å². The van der Waals surface area contributed by atoms with Crippen molar-refractivity contribution in [3.05, 3.63) is 48.5 Å². The van der Waals surface area contributed by atoms with Gasteiger partial charge in [-0.05, 0) is 70.0 Å². The van der Waals surface area contributed by atoms with Crippen LogP contribution in [-0.4, -0.2) is 32.3 Å². The molecule has 3 aromatic rings. The molecule has 1 aromatic heterocycles. The molecule has 0 saturated heterocycles. The van der Waals surface area contributed by atoms with E-state index >= 15 is 0 Å². The Labute approximate surface area is 164 Å². The van der Waals surface area contributed by atoms with E-state index in [-0.39, 0.29) is 0 Å². The molecule has 0 fully saturated rings. The molecule has 3 rings (SSSR count). The van der Waals surface area contributed by atoms with Crippen molar-refractivity contribution >= 4 is 17.0 Å². The van der Waals surface area contributed by atoms with Crippen LogP contribution in [0, 0.1) is 5.41 Å². The van der Waals surface area contributed by atoms with Gasteiger partial charge in [-0.3, -0.25) is 9.36 Å². The number of ether oxygens (including phenoxy) is 1. The first-order valence-electron chi connectivity index (χ1n) is 9.41. The van der Waals surface area contributed by atoms with Crippen LogP contribution in [-0.2, 0) is 4.79 Å². The minimum atomic E-state index is -0.794. The number of carboxylic acids is 1. The average Bonchev–Trinajstić information content (AvgIpc) is 3.05. The van der Waals surface area contributed by atoms with E-state index in [1.807, 2.05) is 48.5 Å². The van der Waals surface area contributed by atoms with E-state index in [1.165, 1.54) is 0 Å². The number of para-hydroxylation sites is 2. The number of hydrogen-bond donors (Lipinski definition) is 2. The molecule has 0 bridgehead atoms. The van der Waals surface area contributed by atoms with Crippen molar-refractivity contribution in [1.82, 2.24) is 9.55 Å². The van der Waals surface area contributed by atoms with Crippen molar-refractivity contribution in [3.8, 4) is 17.1 Å². The normalized spacial score (nSPS) is 12.9. The molecule has 148 valence electrons. The molecule has 1 heterocycles. The van der Waals surface area contributed by atoms with Gasteiger partial charge in [0.05, 0.1) is 23.1 Å². The lowest BCUT2D eigenvalue weighted by atomic mass is 9.88. The predicted octanol–water partition coefficient (Wildman–Crippen LogP) is 4.48. The number of aliphatic carboxylic acids is 1. The van der Waals surface area contributed by atoms with Crippen molar-refractivity contribution in [2.45, 2.75) is 39.8 Å². The predicted molar refractivity (Wildman–Crippen MR) is 108 cm³/mol. The van der Waals surface area contributed by atoms with Gasteiger partial charge in [0.25, 0.3) is 0 Å². The Morgan fingerprint density at radius 2 is 1.86 bits per heavy atom. The molecule has 1 unspecified atom stereocenters. The minimum Gasteiger partial charge on any atom is -0.494 e. The summed E-state index contributed by atoms with van der Waals surface area (Å²) >= 11 is 0. The van der Waals surface area contributed by atoms with Gasteiger partial charge in [0.1, 0.15) is 17.8 Å². The van der Waals surface area contributed by atoms with Gasteiger partial charge < -0.3 is 14.9 Å². The Morgan fingerprint density at radius 1 is 1.18 bits per heavy atom. The number of carbonyl (C=O) groups is 1. The van der Waals surface area contributed by atoms with Gasteiger partial charge in [-0.25, -0.2) is 4.98 Å². The first kappa shape index (κ1) is 19.9. The maximum atomic E-state index is 11.1. The summed E-state index contributed by atoms with van der Waals surface area (Å²) in [6, 6.07) is 15.3. The zero-order valence-corrected chi connectivity index (χ0v) is 16.4. The second kappa shape index (κ2) is 8.02. The van der Waals surface area contributed by atoms with E-state index in [1.54, 1.807) is 25.3 Å². The molecule has 2 aromatic carbocycles. The third-order valence-corrected chi connectivity index (χ3v) is 4.88. The largest absolute Gasteiger partial charge is 0.494 e. The third kappa shape index (κ3) is 4.17. The third-order valence-electron chi connectivity index (χ3n) is 4.88. The lowest BCUT2D eigenvalue weighted by Gasteiger charge is -2.18. The molecule has 6 heteroatoms. The van der Waals surface area contributed by atoms with Crippen LogP contribution in [0.15, 0.2) is 48.5 Å². The zero-order valence-electron chi connectivity index (χ0n) is 16.4. The summed E-state index contributed by atoms with van der Waals surface area (Å²) in [5.74, 6) is 0.625. The van der Waals surface area contributed by atoms with Gasteiger partial charge in [-0.15, -0.1) is 0 Å². The first-order valence-corrected chi connectivity index (χ1v) is 9.41. The summed E-state index contributed by atoms with van der Waals surface area (Å²) < 4.78 is 7.54. The van der Waals surface area contributed by atoms with E-state index in [2.05, 4.69) is 4.98 Å². The molecule has 2 N–H and O–H groups in total. The van der Waals surface area contributed by atoms with Gasteiger partial charge in [0.2, 0.25) is 0 Å². The number of carboxylic acid groups (broad SMARTS) is 1. The number of nitrogens with zero attached hydrogens (tertiary/aromatic N) is 2. The Kier molecular flexibility index (Phi) is 5.70. The van der Waals surface area contributed by atoms with Gasteiger partial charge >= 0.3 is 5.97 Å². The maximum Gasteiger partial charge on any atom is 0.309 e. The highest BCUT2D eigenvalue weighted by atomic mass is 16.5. The molecular formula is C22H26N2O4. The van der Waals surface area contributed by atoms with Crippen LogP contribution in [0.1, 0.15) is 39.8 Å². The number of rotatable bonds is 8. The molecule has 1 atom stereocenters. The Morgan fingerprint density at radius 3 is 2.50 bits per heavy atom. The Balaban J connectivity index is 1.71. The summed E-state index contributed by atoms with van der Waals surface area (Å²) in [6.07, 6.45) is 0.522. The quantitative estimate of drug-likeness (QED) is 0.561. The molecule has 0 radical (unpaired) electrons. The van der Waals surface area contributed by atoms with E-state index < -0.39 is 17.6 Å². The van der Waals surface area contributed by atoms with Crippen LogP contribution in [0.5, 0.6) is 5.75 Å². The smallest absolute Gasteiger partial charge is 0.309 e. The van der Waals surface area contributed by atoms with E-state index in [0.29, 0.717) is 25.3 Å². The second-order valence-corrected chi connectivity index (χ2v) is 7.59. The van der Waals surface area contributed by atoms with Gasteiger partial charge in [-0.2, -0.15) is 0 Å². The number of imidazole rings is 1. The summed E-state index contributed by atoms with van der Waals surface area (Å²) in [6.45, 7) is 5.62. The molecular weight excluding hydrogens is 356 g/mol. The molecule has 0 spiro atoms. The highest BCUT2D eigenvalue weighted by Crippen LogP contribution is 2.29. The number of benzene rings is 2. The molecule has 0 aliphatic rings. The SMILES string of the molecule is CC(O)n1c(-c2ccc(OCCCC(C)(C)C(=O)O)cc2)nc2ccccc21. The summed E-state index contributed by atoms with van der Waals surface area (Å²) in [4.78, 5) is 15.8. The molecule has 0 saturated carbocycles. The lowest BCUT2D eigenvalue weighted by Crippen LogP contribution is -2.24. The Bertz CT molecular complexity index is 958. The van der Waals surface area contributed by atoms with Crippen molar-refractivity contribution in [2.75, 3.05) is 6.61 Å². The highest BCUT2D eigenvalue weighted by Gasteiger charge is 2.26. The lowest BCUT2D eigenvalue weighted by molar-refractivity contribution is -0.147. The van der Waals surface area contributed by atoms with E-state index in [4.69, 9.17) is 9.84 Å². The molecule has 0 amide bonds. The molecule has 0 aliphatic heterocycles. The van der Waals surface area contributed by atoms with Crippen LogP contribution in [0.3, 0.4) is 0 Å². The molecule has 0 aliphatic carbocycles. The van der Waals surface area contributed by atoms with Crippen LogP contribution in [0.25, 0.3) is 22.4 Å². The maximum absolute atomic E-state index is 11.1. The highest BCUT2D eigenvalue weighted by molar-refractivity contribution is 5.80. The van der Waals surface area contributed by atoms with Gasteiger partial charge in [-0.1, -0.05) is 12.1 Å². The number of aromatic nitrogens is 2. The topological polar surface area (TPSA) is 84.6 Å². The van der Waals surface area contributed by atoms with Crippen LogP contribution < -0.4 is 4.74 Å². The molecule has 6 nitrogen and oxygen atoms in total. The van der Waals surface area contributed by atoms with Gasteiger partial charge in [0.15, 0.2) is 0 Å². The van der Waals surface area contributed by atoms with Crippen LogP contribution in [0.4, 0.5) is 0 Å². The Hall–Kier alpha value is -2.86. The number of hydrogen-bond acceptors (Lipinski definition) is 4. The van der Waals surface area contributed by atoms with E-state index in [9.17, 15) is 9.90 Å². The number of aliphatic hydroxyl groups excluding tert-OH is 1. The van der Waals surface area contributed by atoms with Gasteiger partial charge in [0, 0.05) is 5.56 Å². The zero-order chi connectivity index (χ0) is 20.3. The van der Waals surface area contributed by atoms with Crippen LogP contribution >= 0.6 is 0 Å². The first-order chi connectivity index (χ1) is 13.3. The summed E-state index contributed by atoms with van der Waals surface area (Å²) in [7, 11) is 0. The number of fused-ring (bicyclic) bond motifs is 1. The fourth-order valence-corrected chi connectivity index (χ4v) is 3.14. The van der Waals surface area contributed by atoms with Crippen molar-refractivity contribution in [1.29, 1.82) is 0 Å². The minimum absolute atomic E-state index is 0.461. The average molecular weight is 382 g/mol. The summed E-state index contributed by atoms with van der Waals surface area (Å²) in [5.41, 5.74) is 1.86. The second-order valence-electron chi connectivity index (χ2n) is 7.59. The van der Waals surface area contributed by atoms with Crippen LogP contribution in [0.2, 0.25) is 0 Å². The van der Waals surface area contributed by atoms with Crippen molar-refractivity contribution < 1.29 is 19.7 Å². The fraction of sp³-hybridized carbons (Fsp3) is 0.364. The fourth-order valence-electron chi connectivity index (χ4n) is 3.14. The monoisotopic (exact) mass is 382 g/mol. The van der Waals surface area contributed by atoms with Crippen molar-refractivity contribution in [2.24, 2.45) is 5.41 Å². The summed E-state index contributed by atoms with van der Waals surface area (Å²) in [5, 5.41) is 19.4. The number of aliphatic hydroxyl groups is 1. The van der Waals surface area contributed by atoms with Crippen molar-refractivity contribution in [3.63, 3.8) is 0 Å². The molecule has 28 heavy (non-hydrogen) atoms.